The van der Waals surface area contributed by atoms with E-state index in [1.54, 1.807) is 6.92 Å². The molecule has 0 aliphatic carbocycles. The molecule has 1 aliphatic rings. The van der Waals surface area contributed by atoms with Gasteiger partial charge in [0.2, 0.25) is 0 Å². The number of likely N-dealkylation sites (tertiary alicyclic amines) is 1. The Morgan fingerprint density at radius 1 is 1.43 bits per heavy atom. The lowest BCUT2D eigenvalue weighted by Crippen LogP contribution is -2.29. The summed E-state index contributed by atoms with van der Waals surface area (Å²) >= 11 is 6.37. The molecule has 82 valence electrons. The van der Waals surface area contributed by atoms with Crippen LogP contribution in [0.15, 0.2) is 0 Å². The van der Waals surface area contributed by atoms with E-state index >= 15 is 0 Å². The Bertz CT molecular complexity index is 197. The average Bonchev–Trinajstić information content (AvgIpc) is 2.55. The summed E-state index contributed by atoms with van der Waals surface area (Å²) in [4.78, 5) is 13.6. The van der Waals surface area contributed by atoms with Gasteiger partial charge >= 0.3 is 5.97 Å². The summed E-state index contributed by atoms with van der Waals surface area (Å²) in [5.74, 6) is -0.267. The maximum Gasteiger partial charge on any atom is 0.333 e. The summed E-state index contributed by atoms with van der Waals surface area (Å²) in [5.41, 5.74) is 0. The van der Waals surface area contributed by atoms with Gasteiger partial charge in [-0.05, 0) is 32.9 Å². The van der Waals surface area contributed by atoms with Gasteiger partial charge in [0.05, 0.1) is 0 Å². The second-order valence-electron chi connectivity index (χ2n) is 3.57. The van der Waals surface area contributed by atoms with Crippen LogP contribution in [0.25, 0.3) is 0 Å². The monoisotopic (exact) mass is 327 g/mol. The van der Waals surface area contributed by atoms with Crippen LogP contribution >= 0.6 is 31.9 Å². The highest BCUT2D eigenvalue weighted by molar-refractivity contribution is 9.25. The van der Waals surface area contributed by atoms with Crippen molar-refractivity contribution in [3.8, 4) is 0 Å². The molecule has 0 atom stereocenters. The van der Waals surface area contributed by atoms with Crippen LogP contribution in [0.4, 0.5) is 0 Å². The van der Waals surface area contributed by atoms with Crippen molar-refractivity contribution in [3.63, 3.8) is 0 Å². The Morgan fingerprint density at radius 2 is 2.00 bits per heavy atom. The lowest BCUT2D eigenvalue weighted by Gasteiger charge is -2.17. The molecule has 0 amide bonds. The highest BCUT2D eigenvalue weighted by Crippen LogP contribution is 2.26. The smallest absolute Gasteiger partial charge is 0.333 e. The van der Waals surface area contributed by atoms with Crippen LogP contribution in [0.1, 0.15) is 19.8 Å². The van der Waals surface area contributed by atoms with E-state index in [9.17, 15) is 4.79 Å². The Morgan fingerprint density at radius 3 is 2.50 bits per heavy atom. The molecule has 0 radical (unpaired) electrons. The number of esters is 1. The van der Waals surface area contributed by atoms with E-state index in [1.807, 2.05) is 0 Å². The summed E-state index contributed by atoms with van der Waals surface area (Å²) in [6, 6.07) is 0. The molecule has 0 N–H and O–H groups in total. The van der Waals surface area contributed by atoms with Gasteiger partial charge in [-0.25, -0.2) is 4.79 Å². The summed E-state index contributed by atoms with van der Waals surface area (Å²) in [7, 11) is 0. The molecule has 14 heavy (non-hydrogen) atoms. The minimum atomic E-state index is -0.745. The Kier molecular flexibility index (Phi) is 4.87. The molecular formula is C9H15Br2NO2. The molecule has 3 nitrogen and oxygen atoms in total. The molecule has 1 heterocycles. The molecule has 0 aromatic rings. The quantitative estimate of drug-likeness (QED) is 0.585. The van der Waals surface area contributed by atoms with Crippen LogP contribution in [0.2, 0.25) is 0 Å². The number of nitrogens with zero attached hydrogens (tertiary/aromatic N) is 1. The molecule has 0 unspecified atom stereocenters. The molecule has 1 fully saturated rings. The van der Waals surface area contributed by atoms with Gasteiger partial charge in [-0.2, -0.15) is 0 Å². The second-order valence-corrected chi connectivity index (χ2v) is 7.81. The zero-order valence-electron chi connectivity index (χ0n) is 8.26. The van der Waals surface area contributed by atoms with E-state index in [2.05, 4.69) is 36.8 Å². The van der Waals surface area contributed by atoms with Crippen LogP contribution < -0.4 is 0 Å². The third-order valence-corrected chi connectivity index (χ3v) is 2.85. The predicted molar refractivity (Wildman–Crippen MR) is 62.9 cm³/mol. The molecule has 0 aromatic heterocycles. The van der Waals surface area contributed by atoms with Crippen LogP contribution in [0.5, 0.6) is 0 Å². The fourth-order valence-electron chi connectivity index (χ4n) is 1.40. The Balaban J connectivity index is 2.11. The van der Waals surface area contributed by atoms with E-state index < -0.39 is 3.23 Å². The minimum Gasteiger partial charge on any atom is -0.463 e. The van der Waals surface area contributed by atoms with Crippen molar-refractivity contribution in [2.75, 3.05) is 26.2 Å². The first-order valence-electron chi connectivity index (χ1n) is 4.77. The fourth-order valence-corrected chi connectivity index (χ4v) is 1.63. The fraction of sp³-hybridized carbons (Fsp3) is 0.889. The third kappa shape index (κ3) is 4.28. The zero-order valence-corrected chi connectivity index (χ0v) is 11.4. The Hall–Kier alpha value is 0.390. The number of halogens is 2. The topological polar surface area (TPSA) is 29.5 Å². The van der Waals surface area contributed by atoms with Gasteiger partial charge in [0.1, 0.15) is 6.61 Å². The number of carbonyl (C=O) groups excluding carboxylic acids is 1. The van der Waals surface area contributed by atoms with Crippen molar-refractivity contribution >= 4 is 37.8 Å². The van der Waals surface area contributed by atoms with Gasteiger partial charge in [-0.1, -0.05) is 31.9 Å². The van der Waals surface area contributed by atoms with E-state index in [4.69, 9.17) is 4.74 Å². The van der Waals surface area contributed by atoms with Crippen molar-refractivity contribution in [2.45, 2.75) is 23.0 Å². The van der Waals surface area contributed by atoms with Crippen LogP contribution in [0, 0.1) is 0 Å². The number of hydrogen-bond acceptors (Lipinski definition) is 3. The Labute approximate surface area is 101 Å². The van der Waals surface area contributed by atoms with Crippen molar-refractivity contribution in [2.24, 2.45) is 0 Å². The minimum absolute atomic E-state index is 0.267. The highest BCUT2D eigenvalue weighted by atomic mass is 79.9. The maximum absolute atomic E-state index is 11.3. The normalized spacial score (nSPS) is 18.5. The first-order valence-corrected chi connectivity index (χ1v) is 6.36. The number of rotatable bonds is 4. The highest BCUT2D eigenvalue weighted by Gasteiger charge is 2.27. The first-order chi connectivity index (χ1) is 6.50. The van der Waals surface area contributed by atoms with Gasteiger partial charge in [0.15, 0.2) is 3.23 Å². The van der Waals surface area contributed by atoms with Crippen molar-refractivity contribution in [1.29, 1.82) is 0 Å². The van der Waals surface area contributed by atoms with Gasteiger partial charge in [-0.15, -0.1) is 0 Å². The van der Waals surface area contributed by atoms with E-state index in [0.29, 0.717) is 6.61 Å². The predicted octanol–water partition coefficient (Wildman–Crippen LogP) is 2.13. The van der Waals surface area contributed by atoms with Gasteiger partial charge in [0, 0.05) is 6.54 Å². The van der Waals surface area contributed by atoms with Gasteiger partial charge in [0.25, 0.3) is 0 Å². The zero-order chi connectivity index (χ0) is 10.6. The maximum atomic E-state index is 11.3. The largest absolute Gasteiger partial charge is 0.463 e. The SMILES string of the molecule is CC(Br)(Br)C(=O)OCCN1CCCC1. The molecular weight excluding hydrogens is 314 g/mol. The van der Waals surface area contributed by atoms with Crippen LogP contribution in [-0.2, 0) is 9.53 Å². The summed E-state index contributed by atoms with van der Waals surface area (Å²) in [5, 5.41) is 0. The van der Waals surface area contributed by atoms with Gasteiger partial charge in [-0.3, -0.25) is 4.90 Å². The second kappa shape index (κ2) is 5.47. The molecule has 0 saturated carbocycles. The summed E-state index contributed by atoms with van der Waals surface area (Å²) in [6.45, 7) is 5.31. The van der Waals surface area contributed by atoms with Crippen molar-refractivity contribution in [1.82, 2.24) is 4.90 Å². The molecule has 5 heteroatoms. The summed E-state index contributed by atoms with van der Waals surface area (Å²) in [6.07, 6.45) is 2.53. The number of hydrogen-bond donors (Lipinski definition) is 0. The number of alkyl halides is 2. The number of ether oxygens (including phenoxy) is 1. The summed E-state index contributed by atoms with van der Waals surface area (Å²) < 4.78 is 4.35. The molecule has 1 saturated heterocycles. The standard InChI is InChI=1S/C9H15Br2NO2/c1-9(10,11)8(13)14-7-6-12-4-2-3-5-12/h2-7H2,1H3. The van der Waals surface area contributed by atoms with Crippen molar-refractivity contribution in [3.05, 3.63) is 0 Å². The van der Waals surface area contributed by atoms with E-state index in [0.717, 1.165) is 19.6 Å². The average molecular weight is 329 g/mol. The molecule has 1 aliphatic heterocycles. The number of carbonyl (C=O) groups is 1. The lowest BCUT2D eigenvalue weighted by atomic mass is 10.4. The molecule has 0 spiro atoms. The van der Waals surface area contributed by atoms with Gasteiger partial charge < -0.3 is 4.74 Å². The van der Waals surface area contributed by atoms with Crippen LogP contribution in [0.3, 0.4) is 0 Å². The molecule has 1 rings (SSSR count). The molecule has 0 bridgehead atoms. The third-order valence-electron chi connectivity index (χ3n) is 2.20. The van der Waals surface area contributed by atoms with E-state index in [-0.39, 0.29) is 5.97 Å². The lowest BCUT2D eigenvalue weighted by molar-refractivity contribution is -0.143. The first kappa shape index (κ1) is 12.5. The van der Waals surface area contributed by atoms with E-state index in [1.165, 1.54) is 12.8 Å². The van der Waals surface area contributed by atoms with Crippen molar-refractivity contribution < 1.29 is 9.53 Å². The van der Waals surface area contributed by atoms with Crippen LogP contribution in [-0.4, -0.2) is 40.3 Å². The molecule has 0 aromatic carbocycles.